The van der Waals surface area contributed by atoms with E-state index in [4.69, 9.17) is 17.3 Å². The third kappa shape index (κ3) is 3.63. The first-order chi connectivity index (χ1) is 8.10. The molecule has 0 aliphatic heterocycles. The lowest BCUT2D eigenvalue weighted by molar-refractivity contribution is 0.0947. The third-order valence-corrected chi connectivity index (χ3v) is 3.29. The molecule has 0 unspecified atom stereocenters. The molecule has 1 aromatic rings. The van der Waals surface area contributed by atoms with Crippen LogP contribution in [0.4, 0.5) is 5.69 Å². The molecule has 17 heavy (non-hydrogen) atoms. The largest absolute Gasteiger partial charge is 0.398 e. The van der Waals surface area contributed by atoms with Gasteiger partial charge in [0.1, 0.15) is 0 Å². The highest BCUT2D eigenvalue weighted by Gasteiger charge is 2.14. The van der Waals surface area contributed by atoms with Gasteiger partial charge in [-0.1, -0.05) is 44.4 Å². The summed E-state index contributed by atoms with van der Waals surface area (Å²) >= 11 is 5.97. The van der Waals surface area contributed by atoms with Crippen molar-refractivity contribution in [2.24, 2.45) is 5.92 Å². The fraction of sp³-hybridized carbons (Fsp3) is 0.462. The van der Waals surface area contributed by atoms with Crippen LogP contribution < -0.4 is 11.1 Å². The minimum atomic E-state index is -0.194. The number of anilines is 1. The average Bonchev–Trinajstić information content (AvgIpc) is 2.30. The Labute approximate surface area is 107 Å². The number of halogens is 1. The molecule has 0 saturated heterocycles. The molecule has 0 aliphatic carbocycles. The maximum atomic E-state index is 11.9. The molecule has 4 heteroatoms. The van der Waals surface area contributed by atoms with Gasteiger partial charge in [-0.2, -0.15) is 0 Å². The van der Waals surface area contributed by atoms with Gasteiger partial charge in [0.05, 0.1) is 10.6 Å². The summed E-state index contributed by atoms with van der Waals surface area (Å²) in [6, 6.07) is 5.08. The molecule has 0 radical (unpaired) electrons. The zero-order valence-corrected chi connectivity index (χ0v) is 11.1. The predicted molar refractivity (Wildman–Crippen MR) is 72.3 cm³/mol. The summed E-state index contributed by atoms with van der Waals surface area (Å²) in [5, 5.41) is 3.27. The van der Waals surface area contributed by atoms with Gasteiger partial charge < -0.3 is 11.1 Å². The van der Waals surface area contributed by atoms with E-state index in [1.165, 1.54) is 0 Å². The smallest absolute Gasteiger partial charge is 0.254 e. The molecule has 0 aliphatic rings. The van der Waals surface area contributed by atoms with Gasteiger partial charge in [-0.25, -0.2) is 0 Å². The number of hydrogen-bond donors (Lipinski definition) is 2. The lowest BCUT2D eigenvalue weighted by Crippen LogP contribution is -2.29. The first-order valence-corrected chi connectivity index (χ1v) is 6.30. The molecule has 0 fully saturated rings. The van der Waals surface area contributed by atoms with Gasteiger partial charge in [-0.15, -0.1) is 0 Å². The first kappa shape index (κ1) is 13.8. The molecule has 0 spiro atoms. The number of carbonyl (C=O) groups excluding carboxylic acids is 1. The highest BCUT2D eigenvalue weighted by atomic mass is 35.5. The van der Waals surface area contributed by atoms with E-state index in [2.05, 4.69) is 19.2 Å². The van der Waals surface area contributed by atoms with E-state index >= 15 is 0 Å². The normalized spacial score (nSPS) is 10.6. The predicted octanol–water partition coefficient (Wildman–Crippen LogP) is 3.09. The van der Waals surface area contributed by atoms with Crippen LogP contribution in [0, 0.1) is 5.92 Å². The summed E-state index contributed by atoms with van der Waals surface area (Å²) in [4.78, 5) is 11.9. The highest BCUT2D eigenvalue weighted by Crippen LogP contribution is 2.21. The van der Waals surface area contributed by atoms with Crippen LogP contribution in [0.3, 0.4) is 0 Å². The standard InChI is InChI=1S/C13H19ClN2O/c1-3-9(4-2)8-16-13(17)12-10(14)6-5-7-11(12)15/h5-7,9H,3-4,8,15H2,1-2H3,(H,16,17). The summed E-state index contributed by atoms with van der Waals surface area (Å²) in [6.45, 7) is 4.89. The fourth-order valence-corrected chi connectivity index (χ4v) is 1.95. The van der Waals surface area contributed by atoms with Crippen molar-refractivity contribution in [1.82, 2.24) is 5.32 Å². The number of rotatable bonds is 5. The van der Waals surface area contributed by atoms with Crippen molar-refractivity contribution < 1.29 is 4.79 Å². The van der Waals surface area contributed by atoms with E-state index in [0.29, 0.717) is 28.7 Å². The van der Waals surface area contributed by atoms with Gasteiger partial charge in [0.15, 0.2) is 0 Å². The molecule has 1 aromatic carbocycles. The Morgan fingerprint density at radius 2 is 2.06 bits per heavy atom. The number of nitrogens with two attached hydrogens (primary N) is 1. The van der Waals surface area contributed by atoms with Crippen LogP contribution in [0.25, 0.3) is 0 Å². The SMILES string of the molecule is CCC(CC)CNC(=O)c1c(N)cccc1Cl. The van der Waals surface area contributed by atoms with Crippen molar-refractivity contribution >= 4 is 23.2 Å². The number of nitrogens with one attached hydrogen (secondary N) is 1. The molecule has 94 valence electrons. The van der Waals surface area contributed by atoms with Crippen LogP contribution in [0.1, 0.15) is 37.0 Å². The van der Waals surface area contributed by atoms with Crippen molar-refractivity contribution in [3.05, 3.63) is 28.8 Å². The average molecular weight is 255 g/mol. The van der Waals surface area contributed by atoms with Crippen LogP contribution in [-0.4, -0.2) is 12.5 Å². The van der Waals surface area contributed by atoms with Crippen molar-refractivity contribution in [3.63, 3.8) is 0 Å². The van der Waals surface area contributed by atoms with E-state index in [1.54, 1.807) is 18.2 Å². The summed E-state index contributed by atoms with van der Waals surface area (Å²) < 4.78 is 0. The van der Waals surface area contributed by atoms with E-state index in [0.717, 1.165) is 12.8 Å². The Bertz CT molecular complexity index is 369. The number of carbonyl (C=O) groups is 1. The molecular weight excluding hydrogens is 236 g/mol. The van der Waals surface area contributed by atoms with E-state index < -0.39 is 0 Å². The van der Waals surface area contributed by atoms with Crippen LogP contribution in [0.5, 0.6) is 0 Å². The third-order valence-electron chi connectivity index (χ3n) is 2.98. The molecular formula is C13H19ClN2O. The molecule has 3 N–H and O–H groups in total. The van der Waals surface area contributed by atoms with Gasteiger partial charge in [0, 0.05) is 12.2 Å². The first-order valence-electron chi connectivity index (χ1n) is 5.92. The van der Waals surface area contributed by atoms with Gasteiger partial charge in [-0.05, 0) is 18.1 Å². The van der Waals surface area contributed by atoms with Gasteiger partial charge in [0.25, 0.3) is 5.91 Å². The fourth-order valence-electron chi connectivity index (χ4n) is 1.68. The van der Waals surface area contributed by atoms with Crippen LogP contribution >= 0.6 is 11.6 Å². The Morgan fingerprint density at radius 1 is 1.41 bits per heavy atom. The molecule has 3 nitrogen and oxygen atoms in total. The molecule has 1 amide bonds. The number of benzene rings is 1. The lowest BCUT2D eigenvalue weighted by atomic mass is 10.0. The second-order valence-corrected chi connectivity index (χ2v) is 4.50. The Hall–Kier alpha value is -1.22. The van der Waals surface area contributed by atoms with E-state index in [9.17, 15) is 4.79 Å². The quantitative estimate of drug-likeness (QED) is 0.794. The zero-order chi connectivity index (χ0) is 12.8. The van der Waals surface area contributed by atoms with Gasteiger partial charge in [0.2, 0.25) is 0 Å². The lowest BCUT2D eigenvalue weighted by Gasteiger charge is -2.14. The number of amides is 1. The summed E-state index contributed by atoms with van der Waals surface area (Å²) in [7, 11) is 0. The maximum absolute atomic E-state index is 11.9. The molecule has 0 aromatic heterocycles. The van der Waals surface area contributed by atoms with E-state index in [1.807, 2.05) is 0 Å². The van der Waals surface area contributed by atoms with Crippen molar-refractivity contribution in [3.8, 4) is 0 Å². The monoisotopic (exact) mass is 254 g/mol. The van der Waals surface area contributed by atoms with Crippen molar-refractivity contribution in [1.29, 1.82) is 0 Å². The van der Waals surface area contributed by atoms with Crippen molar-refractivity contribution in [2.45, 2.75) is 26.7 Å². The molecule has 0 atom stereocenters. The van der Waals surface area contributed by atoms with Crippen LogP contribution in [-0.2, 0) is 0 Å². The Balaban J connectivity index is 2.70. The van der Waals surface area contributed by atoms with Gasteiger partial charge in [-0.3, -0.25) is 4.79 Å². The molecule has 0 bridgehead atoms. The molecule has 0 heterocycles. The molecule has 0 saturated carbocycles. The maximum Gasteiger partial charge on any atom is 0.254 e. The topological polar surface area (TPSA) is 55.1 Å². The number of nitrogen functional groups attached to an aromatic ring is 1. The second-order valence-electron chi connectivity index (χ2n) is 4.10. The van der Waals surface area contributed by atoms with Crippen LogP contribution in [0.2, 0.25) is 5.02 Å². The zero-order valence-electron chi connectivity index (χ0n) is 10.3. The summed E-state index contributed by atoms with van der Waals surface area (Å²) in [5.74, 6) is 0.308. The van der Waals surface area contributed by atoms with E-state index in [-0.39, 0.29) is 5.91 Å². The minimum Gasteiger partial charge on any atom is -0.398 e. The minimum absolute atomic E-state index is 0.194. The highest BCUT2D eigenvalue weighted by molar-refractivity contribution is 6.34. The molecule has 1 rings (SSSR count). The summed E-state index contributed by atoms with van der Waals surface area (Å²) in [5.41, 5.74) is 6.54. The van der Waals surface area contributed by atoms with Crippen LogP contribution in [0.15, 0.2) is 18.2 Å². The second kappa shape index (κ2) is 6.50. The van der Waals surface area contributed by atoms with Gasteiger partial charge >= 0.3 is 0 Å². The Kier molecular flexibility index (Phi) is 5.29. The Morgan fingerprint density at radius 3 is 2.59 bits per heavy atom. The summed E-state index contributed by atoms with van der Waals surface area (Å²) in [6.07, 6.45) is 2.10. The number of hydrogen-bond acceptors (Lipinski definition) is 2. The van der Waals surface area contributed by atoms with Crippen molar-refractivity contribution in [2.75, 3.05) is 12.3 Å².